The predicted octanol–water partition coefficient (Wildman–Crippen LogP) is 0.481. The van der Waals surface area contributed by atoms with Crippen LogP contribution in [0.4, 0.5) is 4.79 Å². The van der Waals surface area contributed by atoms with Crippen molar-refractivity contribution in [1.29, 1.82) is 0 Å². The first-order chi connectivity index (χ1) is 7.44. The standard InChI is InChI=1S/C11H22N2O3/c1-8-9(4-5-16-8)13-10(15)12-6-11(2,3)7-14/h8-9,14H,4-7H2,1-3H3,(H2,12,13,15). The molecule has 2 unspecified atom stereocenters. The summed E-state index contributed by atoms with van der Waals surface area (Å²) < 4.78 is 5.35. The zero-order valence-electron chi connectivity index (χ0n) is 10.2. The molecule has 0 radical (unpaired) electrons. The quantitative estimate of drug-likeness (QED) is 0.658. The summed E-state index contributed by atoms with van der Waals surface area (Å²) in [7, 11) is 0. The van der Waals surface area contributed by atoms with Gasteiger partial charge in [0, 0.05) is 25.2 Å². The van der Waals surface area contributed by atoms with E-state index in [0.29, 0.717) is 13.2 Å². The van der Waals surface area contributed by atoms with Gasteiger partial charge >= 0.3 is 6.03 Å². The van der Waals surface area contributed by atoms with Gasteiger partial charge in [-0.25, -0.2) is 4.79 Å². The van der Waals surface area contributed by atoms with Crippen molar-refractivity contribution in [2.75, 3.05) is 19.8 Å². The first-order valence-corrected chi connectivity index (χ1v) is 5.71. The Bertz CT molecular complexity index is 243. The van der Waals surface area contributed by atoms with Crippen molar-refractivity contribution in [3.8, 4) is 0 Å². The number of aliphatic hydroxyl groups is 1. The Morgan fingerprint density at radius 1 is 1.56 bits per heavy atom. The third kappa shape index (κ3) is 3.98. The normalized spacial score (nSPS) is 25.5. The average Bonchev–Trinajstić information content (AvgIpc) is 2.62. The maximum atomic E-state index is 11.5. The fraction of sp³-hybridized carbons (Fsp3) is 0.909. The molecule has 1 rings (SSSR count). The van der Waals surface area contributed by atoms with Gasteiger partial charge in [0.25, 0.3) is 0 Å². The molecule has 94 valence electrons. The van der Waals surface area contributed by atoms with Crippen molar-refractivity contribution in [2.24, 2.45) is 5.41 Å². The molecule has 1 fully saturated rings. The van der Waals surface area contributed by atoms with Crippen molar-refractivity contribution in [1.82, 2.24) is 10.6 Å². The molecular formula is C11H22N2O3. The zero-order chi connectivity index (χ0) is 12.2. The fourth-order valence-electron chi connectivity index (χ4n) is 1.52. The predicted molar refractivity (Wildman–Crippen MR) is 61.2 cm³/mol. The molecule has 5 nitrogen and oxygen atoms in total. The van der Waals surface area contributed by atoms with Crippen molar-refractivity contribution in [3.63, 3.8) is 0 Å². The van der Waals surface area contributed by atoms with E-state index in [0.717, 1.165) is 6.42 Å². The van der Waals surface area contributed by atoms with Gasteiger partial charge in [0.1, 0.15) is 0 Å². The van der Waals surface area contributed by atoms with E-state index in [-0.39, 0.29) is 30.2 Å². The summed E-state index contributed by atoms with van der Waals surface area (Å²) in [4.78, 5) is 11.5. The molecule has 3 N–H and O–H groups in total. The Kier molecular flexibility index (Phi) is 4.56. The van der Waals surface area contributed by atoms with Gasteiger partial charge < -0.3 is 20.5 Å². The number of amides is 2. The van der Waals surface area contributed by atoms with Crippen LogP contribution in [0, 0.1) is 5.41 Å². The minimum absolute atomic E-state index is 0.0518. The van der Waals surface area contributed by atoms with E-state index in [4.69, 9.17) is 9.84 Å². The van der Waals surface area contributed by atoms with Gasteiger partial charge in [-0.1, -0.05) is 13.8 Å². The van der Waals surface area contributed by atoms with Gasteiger partial charge in [0.2, 0.25) is 0 Å². The molecule has 0 aliphatic carbocycles. The molecule has 0 spiro atoms. The smallest absolute Gasteiger partial charge is 0.315 e. The van der Waals surface area contributed by atoms with E-state index >= 15 is 0 Å². The van der Waals surface area contributed by atoms with Crippen molar-refractivity contribution < 1.29 is 14.6 Å². The number of hydrogen-bond acceptors (Lipinski definition) is 3. The van der Waals surface area contributed by atoms with E-state index in [9.17, 15) is 4.79 Å². The lowest BCUT2D eigenvalue weighted by Gasteiger charge is -2.23. The number of hydrogen-bond donors (Lipinski definition) is 3. The van der Waals surface area contributed by atoms with Crippen LogP contribution in [0.1, 0.15) is 27.2 Å². The first kappa shape index (κ1) is 13.3. The monoisotopic (exact) mass is 230 g/mol. The van der Waals surface area contributed by atoms with Crippen LogP contribution in [0.3, 0.4) is 0 Å². The second kappa shape index (κ2) is 5.50. The second-order valence-corrected chi connectivity index (χ2v) is 5.12. The average molecular weight is 230 g/mol. The number of urea groups is 1. The third-order valence-corrected chi connectivity index (χ3v) is 2.85. The van der Waals surface area contributed by atoms with Gasteiger partial charge in [-0.2, -0.15) is 0 Å². The largest absolute Gasteiger partial charge is 0.396 e. The highest BCUT2D eigenvalue weighted by atomic mass is 16.5. The number of ether oxygens (including phenoxy) is 1. The zero-order valence-corrected chi connectivity index (χ0v) is 10.2. The Balaban J connectivity index is 2.25. The van der Waals surface area contributed by atoms with Gasteiger partial charge in [0.15, 0.2) is 0 Å². The molecule has 1 aliphatic rings. The van der Waals surface area contributed by atoms with Crippen molar-refractivity contribution in [2.45, 2.75) is 39.3 Å². The van der Waals surface area contributed by atoms with Gasteiger partial charge in [-0.05, 0) is 13.3 Å². The lowest BCUT2D eigenvalue weighted by Crippen LogP contribution is -2.47. The molecule has 0 aromatic carbocycles. The van der Waals surface area contributed by atoms with Crippen LogP contribution in [0.2, 0.25) is 0 Å². The minimum Gasteiger partial charge on any atom is -0.396 e. The number of aliphatic hydroxyl groups excluding tert-OH is 1. The summed E-state index contributed by atoms with van der Waals surface area (Å²) in [6.07, 6.45) is 0.939. The highest BCUT2D eigenvalue weighted by Crippen LogP contribution is 2.13. The summed E-state index contributed by atoms with van der Waals surface area (Å²) >= 11 is 0. The molecule has 0 saturated carbocycles. The van der Waals surface area contributed by atoms with Crippen LogP contribution in [0.15, 0.2) is 0 Å². The summed E-state index contributed by atoms with van der Waals surface area (Å²) in [5.41, 5.74) is -0.283. The number of nitrogens with one attached hydrogen (secondary N) is 2. The van der Waals surface area contributed by atoms with E-state index in [1.54, 1.807) is 0 Å². The molecule has 2 amide bonds. The van der Waals surface area contributed by atoms with Crippen LogP contribution in [0.25, 0.3) is 0 Å². The lowest BCUT2D eigenvalue weighted by atomic mass is 9.95. The molecule has 1 saturated heterocycles. The van der Waals surface area contributed by atoms with E-state index in [1.807, 2.05) is 20.8 Å². The second-order valence-electron chi connectivity index (χ2n) is 5.12. The molecular weight excluding hydrogens is 208 g/mol. The topological polar surface area (TPSA) is 70.6 Å². The summed E-state index contributed by atoms with van der Waals surface area (Å²) in [6, 6.07) is -0.0962. The Hall–Kier alpha value is -0.810. The van der Waals surface area contributed by atoms with Crippen molar-refractivity contribution in [3.05, 3.63) is 0 Å². The van der Waals surface area contributed by atoms with E-state index in [2.05, 4.69) is 10.6 Å². The molecule has 0 bridgehead atoms. The number of rotatable bonds is 4. The maximum Gasteiger partial charge on any atom is 0.315 e. The first-order valence-electron chi connectivity index (χ1n) is 5.71. The summed E-state index contributed by atoms with van der Waals surface area (Å²) in [5, 5.41) is 14.7. The number of carbonyl (C=O) groups is 1. The van der Waals surface area contributed by atoms with Gasteiger partial charge in [-0.15, -0.1) is 0 Å². The Morgan fingerprint density at radius 3 is 2.75 bits per heavy atom. The molecule has 5 heteroatoms. The summed E-state index contributed by atoms with van der Waals surface area (Å²) in [6.45, 7) is 6.96. The molecule has 16 heavy (non-hydrogen) atoms. The number of carbonyl (C=O) groups excluding carboxylic acids is 1. The van der Waals surface area contributed by atoms with Crippen LogP contribution < -0.4 is 10.6 Å². The van der Waals surface area contributed by atoms with Crippen LogP contribution in [-0.4, -0.2) is 43.0 Å². The van der Waals surface area contributed by atoms with Crippen LogP contribution in [0.5, 0.6) is 0 Å². The van der Waals surface area contributed by atoms with Crippen LogP contribution in [-0.2, 0) is 4.74 Å². The Labute approximate surface area is 96.6 Å². The lowest BCUT2D eigenvalue weighted by molar-refractivity contribution is 0.113. The fourth-order valence-corrected chi connectivity index (χ4v) is 1.52. The Morgan fingerprint density at radius 2 is 2.25 bits per heavy atom. The molecule has 0 aromatic heterocycles. The van der Waals surface area contributed by atoms with Crippen LogP contribution >= 0.6 is 0 Å². The van der Waals surface area contributed by atoms with E-state index < -0.39 is 0 Å². The highest BCUT2D eigenvalue weighted by Gasteiger charge is 2.26. The summed E-state index contributed by atoms with van der Waals surface area (Å²) in [5.74, 6) is 0. The highest BCUT2D eigenvalue weighted by molar-refractivity contribution is 5.74. The molecule has 1 heterocycles. The SMILES string of the molecule is CC1OCCC1NC(=O)NCC(C)(C)CO. The maximum absolute atomic E-state index is 11.5. The molecule has 0 aromatic rings. The third-order valence-electron chi connectivity index (χ3n) is 2.85. The molecule has 2 atom stereocenters. The molecule has 1 aliphatic heterocycles. The van der Waals surface area contributed by atoms with Gasteiger partial charge in [0.05, 0.1) is 12.1 Å². The minimum atomic E-state index is -0.283. The van der Waals surface area contributed by atoms with E-state index in [1.165, 1.54) is 0 Å². The van der Waals surface area contributed by atoms with Gasteiger partial charge in [-0.3, -0.25) is 0 Å². The van der Waals surface area contributed by atoms with Crippen molar-refractivity contribution >= 4 is 6.03 Å².